The van der Waals surface area contributed by atoms with Crippen LogP contribution in [-0.2, 0) is 0 Å². The summed E-state index contributed by atoms with van der Waals surface area (Å²) in [5.74, 6) is 0. The molecular weight excluding hydrogens is 1030 g/mol. The molecule has 0 saturated carbocycles. The summed E-state index contributed by atoms with van der Waals surface area (Å²) in [6.45, 7) is 32.6. The van der Waals surface area contributed by atoms with Gasteiger partial charge in [-0.1, -0.05) is 361 Å². The third kappa shape index (κ3) is 51.2. The van der Waals surface area contributed by atoms with Gasteiger partial charge in [-0.2, -0.15) is 0 Å². The number of nitrogens with zero attached hydrogens (tertiary/aromatic N) is 4. The van der Waals surface area contributed by atoms with Crippen molar-refractivity contribution in [1.82, 2.24) is 19.6 Å². The molecule has 0 aromatic rings. The van der Waals surface area contributed by atoms with Gasteiger partial charge in [0.15, 0.2) is 0 Å². The Labute approximate surface area is 524 Å². The molecule has 0 bridgehead atoms. The van der Waals surface area contributed by atoms with E-state index >= 15 is 0 Å². The van der Waals surface area contributed by atoms with E-state index in [0.717, 1.165) is 5.54 Å². The number of rotatable bonds is 68. The average molecular weight is 1190 g/mol. The lowest BCUT2D eigenvalue weighted by Crippen LogP contribution is -2.62. The Bertz CT molecular complexity index is 1200. The van der Waals surface area contributed by atoms with Crippen molar-refractivity contribution in [1.29, 1.82) is 0 Å². The van der Waals surface area contributed by atoms with Crippen molar-refractivity contribution in [3.05, 3.63) is 0 Å². The number of hydrogen-bond acceptors (Lipinski definition) is 4. The van der Waals surface area contributed by atoms with Gasteiger partial charge in [-0.05, 0) is 118 Å². The Balaban J connectivity index is 7.03. The molecule has 0 spiro atoms. The lowest BCUT2D eigenvalue weighted by molar-refractivity contribution is 0.0411. The second-order valence-corrected chi connectivity index (χ2v) is 41.6. The van der Waals surface area contributed by atoms with Gasteiger partial charge in [0.1, 0.15) is 0 Å². The average Bonchev–Trinajstić information content (AvgIpc) is 3.44. The lowest BCUT2D eigenvalue weighted by Gasteiger charge is -2.56. The van der Waals surface area contributed by atoms with E-state index in [1.807, 2.05) is 0 Å². The molecule has 0 aliphatic carbocycles. The highest BCUT2D eigenvalue weighted by Gasteiger charge is 2.51. The van der Waals surface area contributed by atoms with Crippen molar-refractivity contribution < 1.29 is 0 Å². The highest BCUT2D eigenvalue weighted by atomic mass is 28.4. The van der Waals surface area contributed by atoms with Gasteiger partial charge in [0.2, 0.25) is 0 Å². The second-order valence-electron chi connectivity index (χ2n) is 30.4. The first-order valence-corrected chi connectivity index (χ1v) is 45.4. The van der Waals surface area contributed by atoms with Crippen LogP contribution in [-0.4, -0.2) is 115 Å². The maximum absolute atomic E-state index is 3.39. The fraction of sp³-hybridized carbons (Fsp3) is 1.00. The van der Waals surface area contributed by atoms with Gasteiger partial charge in [-0.25, -0.2) is 0 Å². The fourth-order valence-electron chi connectivity index (χ4n) is 15.0. The highest BCUT2D eigenvalue weighted by Crippen LogP contribution is 2.48. The maximum atomic E-state index is 3.39. The summed E-state index contributed by atoms with van der Waals surface area (Å²) in [6.07, 6.45) is 76.6. The van der Waals surface area contributed by atoms with Crippen LogP contribution in [0.5, 0.6) is 0 Å². The van der Waals surface area contributed by atoms with Crippen LogP contribution in [0.15, 0.2) is 0 Å². The molecule has 0 aromatic heterocycles. The molecule has 1 unspecified atom stereocenters. The van der Waals surface area contributed by atoms with Crippen LogP contribution in [0.1, 0.15) is 368 Å². The largest absolute Gasteiger partial charge is 0.309 e. The first kappa shape index (κ1) is 82.3. The third-order valence-electron chi connectivity index (χ3n) is 19.7. The van der Waals surface area contributed by atoms with Gasteiger partial charge < -0.3 is 14.7 Å². The molecule has 0 radical (unpaired) electrons. The molecule has 0 aromatic carbocycles. The Kier molecular flexibility index (Phi) is 59.1. The van der Waals surface area contributed by atoms with Gasteiger partial charge in [0.05, 0.1) is 8.07 Å². The number of unbranched alkanes of at least 4 members (excludes halogenated alkanes) is 45. The van der Waals surface area contributed by atoms with Gasteiger partial charge in [-0.15, -0.1) is 0 Å². The zero-order valence-corrected chi connectivity index (χ0v) is 62.0. The quantitative estimate of drug-likeness (QED) is 0.0444. The van der Waals surface area contributed by atoms with Gasteiger partial charge in [0.25, 0.3) is 0 Å². The zero-order valence-electron chi connectivity index (χ0n) is 60.0. The fourth-order valence-corrected chi connectivity index (χ4v) is 29.6. The van der Waals surface area contributed by atoms with Crippen LogP contribution < -0.4 is 0 Å². The second kappa shape index (κ2) is 58.9. The predicted octanol–water partition coefficient (Wildman–Crippen LogP) is 25.2. The van der Waals surface area contributed by atoms with Crippen LogP contribution in [0, 0.1) is 0 Å². The van der Waals surface area contributed by atoms with Crippen LogP contribution in [0.25, 0.3) is 0 Å². The molecule has 0 heterocycles. The minimum atomic E-state index is -1.73. The van der Waals surface area contributed by atoms with Crippen LogP contribution in [0.2, 0.25) is 43.9 Å². The van der Waals surface area contributed by atoms with Crippen LogP contribution in [0.3, 0.4) is 0 Å². The summed E-state index contributed by atoms with van der Waals surface area (Å²) in [4.78, 5) is 11.3. The van der Waals surface area contributed by atoms with Crippen molar-refractivity contribution in [3.63, 3.8) is 0 Å². The molecule has 4 nitrogen and oxygen atoms in total. The number of hydrogen-bond donors (Lipinski definition) is 0. The highest BCUT2D eigenvalue weighted by molar-refractivity contribution is 6.95. The molecule has 0 fully saturated rings. The van der Waals surface area contributed by atoms with Gasteiger partial charge in [-0.3, -0.25) is 4.90 Å². The molecule has 494 valence electrons. The minimum Gasteiger partial charge on any atom is -0.309 e. The summed E-state index contributed by atoms with van der Waals surface area (Å²) in [5, 5.41) is 0. The molecule has 0 rings (SSSR count). The molecule has 0 aliphatic rings. The van der Waals surface area contributed by atoms with Gasteiger partial charge >= 0.3 is 0 Å². The van der Waals surface area contributed by atoms with Crippen molar-refractivity contribution in [2.45, 2.75) is 417 Å². The molecule has 0 N–H and O–H groups in total. The molecule has 0 amide bonds. The van der Waals surface area contributed by atoms with E-state index in [4.69, 9.17) is 0 Å². The summed E-state index contributed by atoms with van der Waals surface area (Å²) >= 11 is 0. The lowest BCUT2D eigenvalue weighted by atomic mass is 9.80. The van der Waals surface area contributed by atoms with Crippen LogP contribution in [0.4, 0.5) is 0 Å². The van der Waals surface area contributed by atoms with E-state index in [2.05, 4.69) is 108 Å². The summed E-state index contributed by atoms with van der Waals surface area (Å²) < 4.78 is 0. The topological polar surface area (TPSA) is 13.0 Å². The van der Waals surface area contributed by atoms with E-state index in [0.29, 0.717) is 5.54 Å². The Morgan fingerprint density at radius 3 is 0.793 bits per heavy atom. The smallest absolute Gasteiger partial charge is 0.0515 e. The Morgan fingerprint density at radius 2 is 0.512 bits per heavy atom. The van der Waals surface area contributed by atoms with E-state index < -0.39 is 16.1 Å². The van der Waals surface area contributed by atoms with E-state index in [1.165, 1.54) is 386 Å². The summed E-state index contributed by atoms with van der Waals surface area (Å²) in [6, 6.07) is 0. The SMILES string of the molecule is CCCCCCCCCCCCCCN(CCCCCCCCCCCCCC)C(CCCCCCCCCCCCCC)(CCCCCCCCCCCCCC)C(CN(C)CCCCN(C)CCCN(C)C)[Si](C)(C)C[Si](C)(C)C. The predicted molar refractivity (Wildman–Crippen MR) is 385 cm³/mol. The van der Waals surface area contributed by atoms with Crippen molar-refractivity contribution >= 4 is 16.1 Å². The molecule has 6 heteroatoms. The van der Waals surface area contributed by atoms with Crippen LogP contribution >= 0.6 is 0 Å². The van der Waals surface area contributed by atoms with Crippen molar-refractivity contribution in [3.8, 4) is 0 Å². The maximum Gasteiger partial charge on any atom is 0.0515 e. The third-order valence-corrected chi connectivity index (χ3v) is 30.2. The Morgan fingerprint density at radius 1 is 0.268 bits per heavy atom. The molecular formula is C76H162N4Si2. The normalized spacial score (nSPS) is 13.1. The molecule has 0 aliphatic heterocycles. The first-order valence-electron chi connectivity index (χ1n) is 38.5. The Hall–Kier alpha value is 0.274. The van der Waals surface area contributed by atoms with Gasteiger partial charge in [0, 0.05) is 20.2 Å². The van der Waals surface area contributed by atoms with Crippen molar-refractivity contribution in [2.75, 3.05) is 74.0 Å². The van der Waals surface area contributed by atoms with E-state index in [9.17, 15) is 0 Å². The standard InChI is InChI=1S/C76H162N4Si2/c1-14-18-22-26-30-34-38-42-46-50-54-58-65-76(66-59-55-51-47-43-39-35-31-27-23-19-15-2,75(82(12,13)74-81(9,10)11)73-79(8)69-63-62-68-78(7)70-64-67-77(5)6)80(71-60-56-52-48-44-40-36-32-28-24-20-16-3)72-61-57-53-49-45-41-37-33-29-25-21-17-4/h75H,14-74H2,1-13H3. The molecule has 0 saturated heterocycles. The van der Waals surface area contributed by atoms with Crippen molar-refractivity contribution in [2.24, 2.45) is 0 Å². The summed E-state index contributed by atoms with van der Waals surface area (Å²) in [5.41, 5.74) is 2.73. The zero-order chi connectivity index (χ0) is 60.5. The monoisotopic (exact) mass is 1190 g/mol. The minimum absolute atomic E-state index is 0.322. The summed E-state index contributed by atoms with van der Waals surface area (Å²) in [7, 11) is 6.36. The molecule has 82 heavy (non-hydrogen) atoms. The molecule has 1 atom stereocenters. The van der Waals surface area contributed by atoms with E-state index in [1.54, 1.807) is 5.67 Å². The first-order chi connectivity index (χ1) is 39.7. The van der Waals surface area contributed by atoms with E-state index in [-0.39, 0.29) is 0 Å².